The van der Waals surface area contributed by atoms with Crippen LogP contribution >= 0.6 is 54.5 Å². The largest absolute Gasteiger partial charge is 0.495 e. The molecule has 0 aliphatic carbocycles. The van der Waals surface area contributed by atoms with Crippen LogP contribution in [0.3, 0.4) is 0 Å². The zero-order chi connectivity index (χ0) is 43.8. The van der Waals surface area contributed by atoms with Gasteiger partial charge in [-0.15, -0.1) is 0 Å². The smallest absolute Gasteiger partial charge is 0.399 e. The lowest BCUT2D eigenvalue weighted by atomic mass is 9.74. The van der Waals surface area contributed by atoms with E-state index in [1.54, 1.807) is 0 Å². The first kappa shape index (κ1) is 48.4. The maximum atomic E-state index is 10.1. The number of oxime groups is 3. The fourth-order valence-electron chi connectivity index (χ4n) is 6.25. The molecule has 0 amide bonds. The molecule has 316 valence electrons. The normalized spacial score (nSPS) is 23.9. The van der Waals surface area contributed by atoms with Crippen molar-refractivity contribution in [1.82, 2.24) is 0 Å². The van der Waals surface area contributed by atoms with E-state index in [1.165, 1.54) is 5.56 Å². The van der Waals surface area contributed by atoms with Gasteiger partial charge in [0.05, 0.1) is 22.6 Å². The van der Waals surface area contributed by atoms with E-state index >= 15 is 0 Å². The van der Waals surface area contributed by atoms with Crippen molar-refractivity contribution >= 4 is 84.2 Å². The van der Waals surface area contributed by atoms with E-state index in [0.29, 0.717) is 11.6 Å². The number of halogens is 3. The lowest BCUT2D eigenvalue weighted by molar-refractivity contribution is -0.0476. The van der Waals surface area contributed by atoms with Crippen LogP contribution in [-0.2, 0) is 23.8 Å². The van der Waals surface area contributed by atoms with E-state index < -0.39 is 11.7 Å². The highest BCUT2D eigenvalue weighted by atomic mass is 127. The van der Waals surface area contributed by atoms with Crippen LogP contribution < -0.4 is 5.46 Å². The number of alkyl halides is 1. The van der Waals surface area contributed by atoms with Crippen molar-refractivity contribution in [3.63, 3.8) is 0 Å². The van der Waals surface area contributed by atoms with Crippen molar-refractivity contribution in [1.29, 1.82) is 0 Å². The Morgan fingerprint density at radius 1 is 0.552 bits per heavy atom. The van der Waals surface area contributed by atoms with E-state index in [1.807, 2.05) is 43.9 Å². The Morgan fingerprint density at radius 2 is 0.897 bits per heavy atom. The van der Waals surface area contributed by atoms with Crippen molar-refractivity contribution in [2.24, 2.45) is 27.3 Å². The van der Waals surface area contributed by atoms with Crippen LogP contribution in [0, 0.1) is 32.6 Å². The summed E-state index contributed by atoms with van der Waals surface area (Å²) in [5.41, 5.74) is 8.49. The minimum absolute atomic E-state index is 0.202. The average molecular weight is 1040 g/mol. The second-order valence-corrected chi connectivity index (χ2v) is 19.7. The highest BCUT2D eigenvalue weighted by molar-refractivity contribution is 14.1. The standard InChI is InChI=1S/C19H28BNO3.C13H16BrNO.C12H14BrNO2.CH3I/c1-12-9-10-14(16-13(2)17(3,4)24-21-16)11-15(12)20-22-18(5,6)19(7,8)23-20;1-8-5-6-10(7-11(8)14)12-9(2)13(3,4)16-15-12;1-7-4-5-8(6-9(7)13)10-11(15)12(2,3)16-14-10;1-2/h9-11,13H,1-8H3;5-7,9H,1-4H3;4-6,11,15H,1-3H3;1H3. The van der Waals surface area contributed by atoms with Crippen molar-refractivity contribution in [3.8, 4) is 0 Å². The second kappa shape index (κ2) is 18.4. The molecule has 9 nitrogen and oxygen atoms in total. The summed E-state index contributed by atoms with van der Waals surface area (Å²) in [6.45, 7) is 30.7. The lowest BCUT2D eigenvalue weighted by Crippen LogP contribution is -2.41. The Kier molecular flexibility index (Phi) is 15.3. The lowest BCUT2D eigenvalue weighted by Gasteiger charge is -2.32. The Balaban J connectivity index is 0.000000194. The van der Waals surface area contributed by atoms with E-state index in [9.17, 15) is 5.11 Å². The van der Waals surface area contributed by atoms with Gasteiger partial charge in [0.2, 0.25) is 0 Å². The predicted molar refractivity (Wildman–Crippen MR) is 254 cm³/mol. The molecule has 13 heteroatoms. The summed E-state index contributed by atoms with van der Waals surface area (Å²) in [5, 5.41) is 22.6. The molecule has 3 aromatic carbocycles. The topological polar surface area (TPSA) is 103 Å². The van der Waals surface area contributed by atoms with Gasteiger partial charge in [-0.2, -0.15) is 0 Å². The molecule has 3 unspecified atom stereocenters. The maximum Gasteiger partial charge on any atom is 0.495 e. The number of aliphatic hydroxyl groups is 1. The third-order valence-corrected chi connectivity index (χ3v) is 13.7. The first-order valence-corrected chi connectivity index (χ1v) is 23.4. The Morgan fingerprint density at radius 3 is 1.24 bits per heavy atom. The molecule has 3 atom stereocenters. The molecule has 0 radical (unpaired) electrons. The van der Waals surface area contributed by atoms with Crippen LogP contribution in [0.2, 0.25) is 0 Å². The van der Waals surface area contributed by atoms with E-state index in [2.05, 4.69) is 189 Å². The van der Waals surface area contributed by atoms with Crippen LogP contribution in [0.5, 0.6) is 0 Å². The van der Waals surface area contributed by atoms with Crippen molar-refractivity contribution in [3.05, 3.63) is 96.9 Å². The second-order valence-electron chi connectivity index (χ2n) is 17.9. The maximum absolute atomic E-state index is 10.1. The molecule has 1 fully saturated rings. The molecule has 4 heterocycles. The van der Waals surface area contributed by atoms with Crippen molar-refractivity contribution in [2.45, 2.75) is 138 Å². The third kappa shape index (κ3) is 10.4. The molecule has 58 heavy (non-hydrogen) atoms. The fourth-order valence-corrected chi connectivity index (χ4v) is 7.01. The molecule has 0 saturated carbocycles. The minimum Gasteiger partial charge on any atom is -0.399 e. The number of hydrogen-bond acceptors (Lipinski definition) is 9. The summed E-state index contributed by atoms with van der Waals surface area (Å²) in [6, 6.07) is 18.5. The van der Waals surface area contributed by atoms with Gasteiger partial charge in [0.25, 0.3) is 0 Å². The van der Waals surface area contributed by atoms with Crippen molar-refractivity contribution in [2.75, 3.05) is 4.93 Å². The number of benzene rings is 3. The molecule has 1 N–H and O–H groups in total. The van der Waals surface area contributed by atoms with E-state index in [4.69, 9.17) is 23.8 Å². The summed E-state index contributed by atoms with van der Waals surface area (Å²) in [4.78, 5) is 18.3. The summed E-state index contributed by atoms with van der Waals surface area (Å²) in [6.07, 6.45) is -0.692. The quantitative estimate of drug-likeness (QED) is 0.159. The van der Waals surface area contributed by atoms with Gasteiger partial charge in [-0.3, -0.25) is 0 Å². The SMILES string of the molecule is CI.Cc1ccc(C2=NOC(C)(C)C2C)cc1B1OC(C)(C)C(C)(C)O1.Cc1ccc(C2=NOC(C)(C)C2C)cc1Br.Cc1ccc(C2=NOC(C)(C)C2O)cc1Br. The average Bonchev–Trinajstić information content (AvgIpc) is 3.77. The summed E-state index contributed by atoms with van der Waals surface area (Å²) < 4.78 is 14.6. The van der Waals surface area contributed by atoms with E-state index in [-0.39, 0.29) is 35.4 Å². The number of nitrogens with zero attached hydrogens (tertiary/aromatic N) is 3. The van der Waals surface area contributed by atoms with Gasteiger partial charge in [0.15, 0.2) is 5.60 Å². The summed E-state index contributed by atoms with van der Waals surface area (Å²) in [7, 11) is -0.360. The molecule has 4 aliphatic heterocycles. The van der Waals surface area contributed by atoms with Gasteiger partial charge >= 0.3 is 7.12 Å². The number of aliphatic hydroxyl groups excluding tert-OH is 1. The first-order chi connectivity index (χ1) is 26.8. The molecule has 0 bridgehead atoms. The summed E-state index contributed by atoms with van der Waals surface area (Å²) >= 11 is 9.16. The number of hydrogen-bond donors (Lipinski definition) is 1. The van der Waals surface area contributed by atoms with Gasteiger partial charge in [0.1, 0.15) is 23.0 Å². The molecule has 0 aromatic heterocycles. The highest BCUT2D eigenvalue weighted by Crippen LogP contribution is 2.38. The molecule has 1 saturated heterocycles. The van der Waals surface area contributed by atoms with Crippen LogP contribution in [0.4, 0.5) is 0 Å². The summed E-state index contributed by atoms with van der Waals surface area (Å²) in [5.74, 6) is 0.536. The Labute approximate surface area is 377 Å². The zero-order valence-electron chi connectivity index (χ0n) is 37.0. The molecular weight excluding hydrogens is 976 g/mol. The molecule has 3 aromatic rings. The van der Waals surface area contributed by atoms with Crippen LogP contribution in [0.1, 0.15) is 116 Å². The number of rotatable bonds is 4. The van der Waals surface area contributed by atoms with Crippen LogP contribution in [0.25, 0.3) is 0 Å². The molecule has 0 spiro atoms. The van der Waals surface area contributed by atoms with Crippen molar-refractivity contribution < 1.29 is 28.9 Å². The first-order valence-electron chi connectivity index (χ1n) is 19.6. The molecule has 7 rings (SSSR count). The number of aryl methyl sites for hydroxylation is 3. The van der Waals surface area contributed by atoms with Crippen LogP contribution in [-0.4, -0.2) is 68.4 Å². The third-order valence-electron chi connectivity index (χ3n) is 12.0. The molecule has 4 aliphatic rings. The van der Waals surface area contributed by atoms with Gasteiger partial charge in [-0.05, 0) is 129 Å². The van der Waals surface area contributed by atoms with Gasteiger partial charge in [-0.25, -0.2) is 0 Å². The predicted octanol–water partition coefficient (Wildman–Crippen LogP) is 11.0. The zero-order valence-corrected chi connectivity index (χ0v) is 42.3. The van der Waals surface area contributed by atoms with Gasteiger partial charge < -0.3 is 28.9 Å². The van der Waals surface area contributed by atoms with Gasteiger partial charge in [0, 0.05) is 31.9 Å². The van der Waals surface area contributed by atoms with Gasteiger partial charge in [-0.1, -0.05) is 132 Å². The van der Waals surface area contributed by atoms with Crippen LogP contribution in [0.15, 0.2) is 79.0 Å². The fraction of sp³-hybridized carbons (Fsp3) is 0.533. The Hall–Kier alpha value is -2.30. The minimum atomic E-state index is -0.692. The molecular formula is C45H61BBr2IN3O6. The monoisotopic (exact) mass is 1040 g/mol. The highest BCUT2D eigenvalue weighted by Gasteiger charge is 2.52. The Bertz CT molecular complexity index is 1960. The van der Waals surface area contributed by atoms with E-state index in [0.717, 1.165) is 53.6 Å².